The Balaban J connectivity index is 2.54. The summed E-state index contributed by atoms with van der Waals surface area (Å²) < 4.78 is 39.3. The zero-order valence-corrected chi connectivity index (χ0v) is 8.71. The molecule has 0 aliphatic carbocycles. The SMILES string of the molecule is CC(N)CNc1ccc(OC(F)(F)F)cc1. The zero-order valence-electron chi connectivity index (χ0n) is 8.71. The molecule has 16 heavy (non-hydrogen) atoms. The van der Waals surface area contributed by atoms with Crippen LogP contribution in [0.15, 0.2) is 24.3 Å². The fraction of sp³-hybridized carbons (Fsp3) is 0.400. The lowest BCUT2D eigenvalue weighted by atomic mass is 10.3. The van der Waals surface area contributed by atoms with Gasteiger partial charge in [0.2, 0.25) is 0 Å². The average Bonchev–Trinajstić information content (AvgIpc) is 2.14. The maximum Gasteiger partial charge on any atom is 0.573 e. The fourth-order valence-corrected chi connectivity index (χ4v) is 1.05. The zero-order chi connectivity index (χ0) is 12.2. The van der Waals surface area contributed by atoms with Crippen LogP contribution in [0, 0.1) is 0 Å². The minimum absolute atomic E-state index is 0.0221. The summed E-state index contributed by atoms with van der Waals surface area (Å²) in [6, 6.07) is 5.48. The quantitative estimate of drug-likeness (QED) is 0.840. The second-order valence-corrected chi connectivity index (χ2v) is 3.43. The van der Waals surface area contributed by atoms with Crippen LogP contribution in [0.1, 0.15) is 6.92 Å². The van der Waals surface area contributed by atoms with Crippen molar-refractivity contribution >= 4 is 5.69 Å². The first-order chi connectivity index (χ1) is 7.37. The molecule has 0 radical (unpaired) electrons. The van der Waals surface area contributed by atoms with Crippen molar-refractivity contribution in [2.45, 2.75) is 19.3 Å². The first-order valence-electron chi connectivity index (χ1n) is 4.72. The Hall–Kier alpha value is -1.43. The largest absolute Gasteiger partial charge is 0.573 e. The van der Waals surface area contributed by atoms with Gasteiger partial charge in [0.25, 0.3) is 0 Å². The standard InChI is InChI=1S/C10H13F3N2O/c1-7(14)6-15-8-2-4-9(5-3-8)16-10(11,12)13/h2-5,7,15H,6,14H2,1H3. The summed E-state index contributed by atoms with van der Waals surface area (Å²) in [6.07, 6.45) is -4.65. The second kappa shape index (κ2) is 5.07. The third-order valence-corrected chi connectivity index (χ3v) is 1.72. The van der Waals surface area contributed by atoms with Crippen LogP contribution >= 0.6 is 0 Å². The highest BCUT2D eigenvalue weighted by atomic mass is 19.4. The van der Waals surface area contributed by atoms with Gasteiger partial charge in [0.05, 0.1) is 0 Å². The van der Waals surface area contributed by atoms with Crippen molar-refractivity contribution in [3.05, 3.63) is 24.3 Å². The monoisotopic (exact) mass is 234 g/mol. The Morgan fingerprint density at radius 3 is 2.31 bits per heavy atom. The maximum atomic E-state index is 11.8. The summed E-state index contributed by atoms with van der Waals surface area (Å²) in [5.41, 5.74) is 6.22. The summed E-state index contributed by atoms with van der Waals surface area (Å²) in [6.45, 7) is 2.38. The van der Waals surface area contributed by atoms with Crippen molar-refractivity contribution < 1.29 is 17.9 Å². The molecule has 1 unspecified atom stereocenters. The highest BCUT2D eigenvalue weighted by Crippen LogP contribution is 2.23. The van der Waals surface area contributed by atoms with Gasteiger partial charge in [0.15, 0.2) is 0 Å². The van der Waals surface area contributed by atoms with Gasteiger partial charge in [-0.3, -0.25) is 0 Å². The molecule has 90 valence electrons. The Morgan fingerprint density at radius 1 is 1.31 bits per heavy atom. The number of rotatable bonds is 4. The Kier molecular flexibility index (Phi) is 4.00. The molecule has 1 aromatic rings. The lowest BCUT2D eigenvalue weighted by Gasteiger charge is -2.11. The van der Waals surface area contributed by atoms with E-state index in [-0.39, 0.29) is 11.8 Å². The first-order valence-corrected chi connectivity index (χ1v) is 4.72. The third kappa shape index (κ3) is 4.88. The number of benzene rings is 1. The van der Waals surface area contributed by atoms with E-state index in [2.05, 4.69) is 10.1 Å². The molecule has 0 bridgehead atoms. The molecular weight excluding hydrogens is 221 g/mol. The van der Waals surface area contributed by atoms with Crippen molar-refractivity contribution in [3.8, 4) is 5.75 Å². The molecule has 0 saturated carbocycles. The van der Waals surface area contributed by atoms with E-state index in [1.54, 1.807) is 0 Å². The fourth-order valence-electron chi connectivity index (χ4n) is 1.05. The van der Waals surface area contributed by atoms with Crippen LogP contribution in [0.2, 0.25) is 0 Å². The predicted octanol–water partition coefficient (Wildman–Crippen LogP) is 2.34. The minimum atomic E-state index is -4.65. The number of alkyl halides is 3. The highest BCUT2D eigenvalue weighted by Gasteiger charge is 2.30. The molecule has 3 nitrogen and oxygen atoms in total. The van der Waals surface area contributed by atoms with Crippen LogP contribution in [0.3, 0.4) is 0 Å². The van der Waals surface area contributed by atoms with Gasteiger partial charge in [-0.2, -0.15) is 0 Å². The van der Waals surface area contributed by atoms with Crippen molar-refractivity contribution in [2.24, 2.45) is 5.73 Å². The molecule has 0 aromatic heterocycles. The van der Waals surface area contributed by atoms with Gasteiger partial charge in [-0.05, 0) is 31.2 Å². The highest BCUT2D eigenvalue weighted by molar-refractivity contribution is 5.46. The van der Waals surface area contributed by atoms with E-state index < -0.39 is 6.36 Å². The van der Waals surface area contributed by atoms with Crippen LogP contribution < -0.4 is 15.8 Å². The molecular formula is C10H13F3N2O. The number of nitrogens with two attached hydrogens (primary N) is 1. The smallest absolute Gasteiger partial charge is 0.406 e. The lowest BCUT2D eigenvalue weighted by Crippen LogP contribution is -2.25. The van der Waals surface area contributed by atoms with E-state index in [1.807, 2.05) is 6.92 Å². The summed E-state index contributed by atoms with van der Waals surface area (Å²) in [5.74, 6) is -0.237. The van der Waals surface area contributed by atoms with E-state index in [0.29, 0.717) is 12.2 Å². The molecule has 0 aliphatic rings. The average molecular weight is 234 g/mol. The molecule has 6 heteroatoms. The van der Waals surface area contributed by atoms with Gasteiger partial charge in [0, 0.05) is 18.3 Å². The van der Waals surface area contributed by atoms with Crippen LogP contribution in [0.25, 0.3) is 0 Å². The van der Waals surface area contributed by atoms with E-state index >= 15 is 0 Å². The van der Waals surface area contributed by atoms with Gasteiger partial charge < -0.3 is 15.8 Å². The maximum absolute atomic E-state index is 11.8. The van der Waals surface area contributed by atoms with Gasteiger partial charge in [-0.1, -0.05) is 0 Å². The van der Waals surface area contributed by atoms with Gasteiger partial charge in [0.1, 0.15) is 5.75 Å². The summed E-state index contributed by atoms with van der Waals surface area (Å²) >= 11 is 0. The molecule has 1 aromatic carbocycles. The first kappa shape index (κ1) is 12.6. The van der Waals surface area contributed by atoms with E-state index in [9.17, 15) is 13.2 Å². The molecule has 3 N–H and O–H groups in total. The van der Waals surface area contributed by atoms with E-state index in [0.717, 1.165) is 0 Å². The molecule has 0 heterocycles. The number of hydrogen-bond donors (Lipinski definition) is 2. The minimum Gasteiger partial charge on any atom is -0.406 e. The Labute approximate surface area is 91.4 Å². The number of anilines is 1. The summed E-state index contributed by atoms with van der Waals surface area (Å²) in [5, 5.41) is 2.97. The van der Waals surface area contributed by atoms with Gasteiger partial charge >= 0.3 is 6.36 Å². The molecule has 0 amide bonds. The normalized spacial score (nSPS) is 13.3. The van der Waals surface area contributed by atoms with E-state index in [1.165, 1.54) is 24.3 Å². The number of halogens is 3. The molecule has 0 saturated heterocycles. The van der Waals surface area contributed by atoms with Crippen molar-refractivity contribution in [3.63, 3.8) is 0 Å². The summed E-state index contributed by atoms with van der Waals surface area (Å²) in [4.78, 5) is 0. The molecule has 0 aliphatic heterocycles. The van der Waals surface area contributed by atoms with Crippen LogP contribution in [0.4, 0.5) is 18.9 Å². The van der Waals surface area contributed by atoms with E-state index in [4.69, 9.17) is 5.73 Å². The molecule has 1 rings (SSSR count). The van der Waals surface area contributed by atoms with Crippen LogP contribution in [-0.4, -0.2) is 18.9 Å². The van der Waals surface area contributed by atoms with Crippen LogP contribution in [0.5, 0.6) is 5.75 Å². The van der Waals surface area contributed by atoms with Crippen LogP contribution in [-0.2, 0) is 0 Å². The number of ether oxygens (including phenoxy) is 1. The predicted molar refractivity (Wildman–Crippen MR) is 55.3 cm³/mol. The van der Waals surface area contributed by atoms with Crippen molar-refractivity contribution in [1.82, 2.24) is 0 Å². The lowest BCUT2D eigenvalue weighted by molar-refractivity contribution is -0.274. The second-order valence-electron chi connectivity index (χ2n) is 3.43. The van der Waals surface area contributed by atoms with Crippen molar-refractivity contribution in [2.75, 3.05) is 11.9 Å². The third-order valence-electron chi connectivity index (χ3n) is 1.72. The number of hydrogen-bond acceptors (Lipinski definition) is 3. The van der Waals surface area contributed by atoms with Gasteiger partial charge in [-0.25, -0.2) is 0 Å². The molecule has 0 spiro atoms. The topological polar surface area (TPSA) is 47.3 Å². The number of nitrogens with one attached hydrogen (secondary N) is 1. The van der Waals surface area contributed by atoms with Crippen molar-refractivity contribution in [1.29, 1.82) is 0 Å². The molecule has 0 fully saturated rings. The summed E-state index contributed by atoms with van der Waals surface area (Å²) in [7, 11) is 0. The Morgan fingerprint density at radius 2 is 1.88 bits per heavy atom. The molecule has 1 atom stereocenters. The van der Waals surface area contributed by atoms with Gasteiger partial charge in [-0.15, -0.1) is 13.2 Å². The Bertz CT molecular complexity index is 322.